The highest BCUT2D eigenvalue weighted by Crippen LogP contribution is 2.25. The average molecular weight is 218 g/mol. The summed E-state index contributed by atoms with van der Waals surface area (Å²) in [6.07, 6.45) is 6.07. The van der Waals surface area contributed by atoms with Crippen molar-refractivity contribution in [2.75, 3.05) is 5.32 Å². The summed E-state index contributed by atoms with van der Waals surface area (Å²) in [4.78, 5) is 13.8. The third-order valence-electron chi connectivity index (χ3n) is 2.25. The van der Waals surface area contributed by atoms with Gasteiger partial charge in [-0.2, -0.15) is 0 Å². The fraction of sp³-hybridized carbons (Fsp3) is 0.300. The van der Waals surface area contributed by atoms with E-state index in [2.05, 4.69) is 20.3 Å². The molecule has 0 aliphatic heterocycles. The van der Waals surface area contributed by atoms with E-state index in [0.29, 0.717) is 6.04 Å². The van der Waals surface area contributed by atoms with Crippen LogP contribution in [0.4, 0.5) is 5.95 Å². The zero-order chi connectivity index (χ0) is 10.1. The first-order chi connectivity index (χ1) is 7.42. The molecule has 5 heteroatoms. The molecule has 0 aromatic carbocycles. The quantitative estimate of drug-likeness (QED) is 0.857. The number of nitrogens with zero attached hydrogens (tertiary/aromatic N) is 3. The summed E-state index contributed by atoms with van der Waals surface area (Å²) < 4.78 is 0. The lowest BCUT2D eigenvalue weighted by Crippen LogP contribution is -2.05. The van der Waals surface area contributed by atoms with Crippen molar-refractivity contribution in [1.82, 2.24) is 15.0 Å². The molecular weight excluding hydrogens is 208 g/mol. The predicted molar refractivity (Wildman–Crippen MR) is 59.8 cm³/mol. The van der Waals surface area contributed by atoms with Crippen LogP contribution in [0.5, 0.6) is 0 Å². The highest BCUT2D eigenvalue weighted by atomic mass is 32.1. The van der Waals surface area contributed by atoms with Gasteiger partial charge in [0.05, 0.1) is 16.1 Å². The lowest BCUT2D eigenvalue weighted by atomic mass is 10.4. The van der Waals surface area contributed by atoms with Gasteiger partial charge in [0.1, 0.15) is 0 Å². The Hall–Kier alpha value is -1.49. The monoisotopic (exact) mass is 218 g/mol. The Morgan fingerprint density at radius 2 is 2.33 bits per heavy atom. The summed E-state index contributed by atoms with van der Waals surface area (Å²) in [7, 11) is 0. The summed E-state index contributed by atoms with van der Waals surface area (Å²) in [6.45, 7) is 0. The molecule has 1 N–H and O–H groups in total. The summed E-state index contributed by atoms with van der Waals surface area (Å²) >= 11 is 1.59. The van der Waals surface area contributed by atoms with Crippen LogP contribution < -0.4 is 5.32 Å². The zero-order valence-corrected chi connectivity index (χ0v) is 8.87. The van der Waals surface area contributed by atoms with Crippen molar-refractivity contribution in [3.05, 3.63) is 24.0 Å². The number of aromatic nitrogens is 3. The summed E-state index contributed by atoms with van der Waals surface area (Å²) in [5.41, 5.74) is 2.75. The van der Waals surface area contributed by atoms with Gasteiger partial charge in [0, 0.05) is 18.4 Å². The Kier molecular flexibility index (Phi) is 2.10. The minimum atomic E-state index is 0.585. The molecule has 1 aliphatic rings. The largest absolute Gasteiger partial charge is 0.351 e. The highest BCUT2D eigenvalue weighted by molar-refractivity contribution is 7.13. The van der Waals surface area contributed by atoms with Crippen molar-refractivity contribution in [2.45, 2.75) is 18.9 Å². The smallest absolute Gasteiger partial charge is 0.223 e. The summed E-state index contributed by atoms with van der Waals surface area (Å²) in [6, 6.07) is 2.49. The van der Waals surface area contributed by atoms with Gasteiger partial charge in [0.2, 0.25) is 5.95 Å². The van der Waals surface area contributed by atoms with Crippen LogP contribution in [0, 0.1) is 0 Å². The minimum absolute atomic E-state index is 0.585. The van der Waals surface area contributed by atoms with Crippen molar-refractivity contribution in [3.8, 4) is 10.6 Å². The Morgan fingerprint density at radius 1 is 1.40 bits per heavy atom. The molecule has 0 spiro atoms. The zero-order valence-electron chi connectivity index (χ0n) is 8.05. The van der Waals surface area contributed by atoms with Gasteiger partial charge in [0.25, 0.3) is 0 Å². The van der Waals surface area contributed by atoms with Crippen molar-refractivity contribution >= 4 is 17.3 Å². The molecule has 0 atom stereocenters. The maximum Gasteiger partial charge on any atom is 0.223 e. The van der Waals surface area contributed by atoms with E-state index in [1.54, 1.807) is 17.5 Å². The molecule has 0 amide bonds. The second-order valence-corrected chi connectivity index (χ2v) is 4.44. The molecule has 76 valence electrons. The molecular formula is C10H10N4S. The van der Waals surface area contributed by atoms with Gasteiger partial charge in [-0.25, -0.2) is 9.97 Å². The van der Waals surface area contributed by atoms with E-state index in [9.17, 15) is 0 Å². The lowest BCUT2D eigenvalue weighted by molar-refractivity contribution is 1.06. The molecule has 1 fully saturated rings. The molecule has 0 bridgehead atoms. The second-order valence-electron chi connectivity index (χ2n) is 3.55. The fourth-order valence-corrected chi connectivity index (χ4v) is 1.91. The van der Waals surface area contributed by atoms with Crippen molar-refractivity contribution in [3.63, 3.8) is 0 Å². The van der Waals surface area contributed by atoms with Gasteiger partial charge in [-0.15, -0.1) is 11.3 Å². The van der Waals surface area contributed by atoms with Crippen molar-refractivity contribution < 1.29 is 0 Å². The second kappa shape index (κ2) is 3.58. The molecule has 0 radical (unpaired) electrons. The van der Waals surface area contributed by atoms with Gasteiger partial charge in [-0.05, 0) is 18.9 Å². The van der Waals surface area contributed by atoms with Crippen LogP contribution in [0.3, 0.4) is 0 Å². The molecule has 15 heavy (non-hydrogen) atoms. The van der Waals surface area contributed by atoms with E-state index >= 15 is 0 Å². The molecule has 2 aromatic heterocycles. The maximum absolute atomic E-state index is 4.44. The van der Waals surface area contributed by atoms with Crippen LogP contribution in [0.2, 0.25) is 0 Å². The third-order valence-corrected chi connectivity index (χ3v) is 3.05. The van der Waals surface area contributed by atoms with Gasteiger partial charge in [-0.3, -0.25) is 4.98 Å². The van der Waals surface area contributed by atoms with Gasteiger partial charge < -0.3 is 5.32 Å². The van der Waals surface area contributed by atoms with Crippen LogP contribution in [-0.4, -0.2) is 21.0 Å². The SMILES string of the molecule is c1cc(-c2cncs2)nc(NC2CC2)n1. The first-order valence-electron chi connectivity index (χ1n) is 4.90. The Morgan fingerprint density at radius 3 is 3.07 bits per heavy atom. The molecule has 2 aromatic rings. The topological polar surface area (TPSA) is 50.7 Å². The number of thiazole rings is 1. The first kappa shape index (κ1) is 8.79. The van der Waals surface area contributed by atoms with Crippen LogP contribution >= 0.6 is 11.3 Å². The van der Waals surface area contributed by atoms with Gasteiger partial charge >= 0.3 is 0 Å². The number of anilines is 1. The third kappa shape index (κ3) is 1.97. The van der Waals surface area contributed by atoms with E-state index < -0.39 is 0 Å². The number of nitrogens with one attached hydrogen (secondary N) is 1. The molecule has 1 saturated carbocycles. The van der Waals surface area contributed by atoms with Crippen LogP contribution in [0.25, 0.3) is 10.6 Å². The molecule has 4 nitrogen and oxygen atoms in total. The van der Waals surface area contributed by atoms with Crippen molar-refractivity contribution in [1.29, 1.82) is 0 Å². The number of hydrogen-bond donors (Lipinski definition) is 1. The first-order valence-corrected chi connectivity index (χ1v) is 5.78. The summed E-state index contributed by atoms with van der Waals surface area (Å²) in [5, 5.41) is 3.28. The highest BCUT2D eigenvalue weighted by Gasteiger charge is 2.21. The van der Waals surface area contributed by atoms with E-state index in [1.165, 1.54) is 12.8 Å². The van der Waals surface area contributed by atoms with Crippen LogP contribution in [0.1, 0.15) is 12.8 Å². The minimum Gasteiger partial charge on any atom is -0.351 e. The normalized spacial score (nSPS) is 15.2. The molecule has 0 saturated heterocycles. The van der Waals surface area contributed by atoms with E-state index in [1.807, 2.05) is 17.8 Å². The number of hydrogen-bond acceptors (Lipinski definition) is 5. The van der Waals surface area contributed by atoms with Gasteiger partial charge in [0.15, 0.2) is 0 Å². The van der Waals surface area contributed by atoms with Gasteiger partial charge in [-0.1, -0.05) is 0 Å². The average Bonchev–Trinajstić information content (AvgIpc) is 2.91. The standard InChI is InChI=1S/C10H10N4S/c1-2-7(1)13-10-12-4-3-8(14-10)9-5-11-6-15-9/h3-7H,1-2H2,(H,12,13,14). The molecule has 2 heterocycles. The van der Waals surface area contributed by atoms with E-state index in [-0.39, 0.29) is 0 Å². The lowest BCUT2D eigenvalue weighted by Gasteiger charge is -2.02. The van der Waals surface area contributed by atoms with E-state index in [4.69, 9.17) is 0 Å². The van der Waals surface area contributed by atoms with Crippen LogP contribution in [-0.2, 0) is 0 Å². The molecule has 0 unspecified atom stereocenters. The fourth-order valence-electron chi connectivity index (χ4n) is 1.32. The summed E-state index contributed by atoms with van der Waals surface area (Å²) in [5.74, 6) is 0.725. The predicted octanol–water partition coefficient (Wildman–Crippen LogP) is 2.17. The Balaban J connectivity index is 1.88. The molecule has 1 aliphatic carbocycles. The Bertz CT molecular complexity index is 450. The Labute approximate surface area is 91.4 Å². The maximum atomic E-state index is 4.44. The van der Waals surface area contributed by atoms with Crippen LogP contribution in [0.15, 0.2) is 24.0 Å². The van der Waals surface area contributed by atoms with E-state index in [0.717, 1.165) is 16.5 Å². The molecule has 3 rings (SSSR count). The number of rotatable bonds is 3. The van der Waals surface area contributed by atoms with Crippen molar-refractivity contribution in [2.24, 2.45) is 0 Å².